The SMILES string of the molecule is CCN1CCN(C(=O)c2sc3cnccc3c2N)CC1. The maximum atomic E-state index is 12.6. The van der Waals surface area contributed by atoms with Gasteiger partial charge in [0.15, 0.2) is 0 Å². The molecular formula is C14H18N4OS. The number of hydrogen-bond acceptors (Lipinski definition) is 5. The van der Waals surface area contributed by atoms with E-state index in [-0.39, 0.29) is 5.91 Å². The topological polar surface area (TPSA) is 62.5 Å². The van der Waals surface area contributed by atoms with Gasteiger partial charge < -0.3 is 15.5 Å². The van der Waals surface area contributed by atoms with Crippen LogP contribution >= 0.6 is 11.3 Å². The van der Waals surface area contributed by atoms with Crippen molar-refractivity contribution in [2.45, 2.75) is 6.92 Å². The second kappa shape index (κ2) is 5.38. The average molecular weight is 290 g/mol. The minimum atomic E-state index is 0.0550. The second-order valence-corrected chi connectivity index (χ2v) is 6.00. The maximum absolute atomic E-state index is 12.6. The Morgan fingerprint density at radius 1 is 1.40 bits per heavy atom. The zero-order valence-corrected chi connectivity index (χ0v) is 12.3. The molecule has 0 aromatic carbocycles. The van der Waals surface area contributed by atoms with E-state index < -0.39 is 0 Å². The summed E-state index contributed by atoms with van der Waals surface area (Å²) >= 11 is 1.44. The molecule has 0 spiro atoms. The minimum absolute atomic E-state index is 0.0550. The Morgan fingerprint density at radius 2 is 2.15 bits per heavy atom. The highest BCUT2D eigenvalue weighted by atomic mass is 32.1. The van der Waals surface area contributed by atoms with Crippen LogP contribution in [0.4, 0.5) is 5.69 Å². The lowest BCUT2D eigenvalue weighted by Gasteiger charge is -2.33. The summed E-state index contributed by atoms with van der Waals surface area (Å²) in [5.74, 6) is 0.0550. The summed E-state index contributed by atoms with van der Waals surface area (Å²) in [7, 11) is 0. The standard InChI is InChI=1S/C14H18N4OS/c1-2-17-5-7-18(8-6-17)14(19)13-12(15)10-3-4-16-9-11(10)20-13/h3-4,9H,2,5-8,15H2,1H3. The van der Waals surface area contributed by atoms with Gasteiger partial charge in [0.25, 0.3) is 5.91 Å². The lowest BCUT2D eigenvalue weighted by atomic mass is 10.2. The van der Waals surface area contributed by atoms with E-state index in [1.54, 1.807) is 12.4 Å². The third-order valence-electron chi connectivity index (χ3n) is 3.83. The van der Waals surface area contributed by atoms with E-state index >= 15 is 0 Å². The number of nitrogens with zero attached hydrogens (tertiary/aromatic N) is 3. The van der Waals surface area contributed by atoms with Crippen LogP contribution in [0.5, 0.6) is 0 Å². The Kier molecular flexibility index (Phi) is 3.58. The van der Waals surface area contributed by atoms with Gasteiger partial charge >= 0.3 is 0 Å². The van der Waals surface area contributed by atoms with Crippen molar-refractivity contribution < 1.29 is 4.79 Å². The number of amides is 1. The predicted octanol–water partition coefficient (Wildman–Crippen LogP) is 1.66. The van der Waals surface area contributed by atoms with Crippen molar-refractivity contribution in [3.05, 3.63) is 23.3 Å². The van der Waals surface area contributed by atoms with Gasteiger partial charge in [0, 0.05) is 44.0 Å². The molecular weight excluding hydrogens is 272 g/mol. The first-order valence-corrected chi connectivity index (χ1v) is 7.66. The molecule has 1 saturated heterocycles. The summed E-state index contributed by atoms with van der Waals surface area (Å²) in [6, 6.07) is 1.87. The summed E-state index contributed by atoms with van der Waals surface area (Å²) in [5, 5.41) is 0.931. The first-order valence-electron chi connectivity index (χ1n) is 6.84. The van der Waals surface area contributed by atoms with Crippen LogP contribution in [0, 0.1) is 0 Å². The molecule has 1 aliphatic heterocycles. The Labute approximate surface area is 122 Å². The van der Waals surface area contributed by atoms with Crippen LogP contribution in [-0.2, 0) is 0 Å². The van der Waals surface area contributed by atoms with Crippen molar-refractivity contribution in [2.24, 2.45) is 0 Å². The first kappa shape index (κ1) is 13.3. The molecule has 0 aliphatic carbocycles. The molecule has 2 N–H and O–H groups in total. The molecule has 0 atom stereocenters. The monoisotopic (exact) mass is 290 g/mol. The number of rotatable bonds is 2. The van der Waals surface area contributed by atoms with Crippen molar-refractivity contribution in [3.8, 4) is 0 Å². The average Bonchev–Trinajstić information content (AvgIpc) is 2.84. The summed E-state index contributed by atoms with van der Waals surface area (Å²) in [5.41, 5.74) is 6.72. The number of fused-ring (bicyclic) bond motifs is 1. The molecule has 0 unspecified atom stereocenters. The Bertz CT molecular complexity index is 631. The smallest absolute Gasteiger partial charge is 0.266 e. The van der Waals surface area contributed by atoms with E-state index in [1.165, 1.54) is 11.3 Å². The first-order chi connectivity index (χ1) is 9.70. The molecule has 0 bridgehead atoms. The van der Waals surface area contributed by atoms with Crippen LogP contribution in [0.2, 0.25) is 0 Å². The lowest BCUT2D eigenvalue weighted by molar-refractivity contribution is 0.0649. The van der Waals surface area contributed by atoms with Crippen molar-refractivity contribution in [1.82, 2.24) is 14.8 Å². The fourth-order valence-electron chi connectivity index (χ4n) is 2.54. The fourth-order valence-corrected chi connectivity index (χ4v) is 3.60. The molecule has 2 aromatic heterocycles. The highest BCUT2D eigenvalue weighted by Crippen LogP contribution is 2.33. The van der Waals surface area contributed by atoms with Crippen LogP contribution < -0.4 is 5.73 Å². The van der Waals surface area contributed by atoms with Crippen LogP contribution in [0.3, 0.4) is 0 Å². The summed E-state index contributed by atoms with van der Waals surface area (Å²) in [6.07, 6.45) is 3.47. The van der Waals surface area contributed by atoms with E-state index in [9.17, 15) is 4.79 Å². The van der Waals surface area contributed by atoms with E-state index in [1.807, 2.05) is 11.0 Å². The van der Waals surface area contributed by atoms with E-state index in [0.717, 1.165) is 42.8 Å². The lowest BCUT2D eigenvalue weighted by Crippen LogP contribution is -2.48. The summed E-state index contributed by atoms with van der Waals surface area (Å²) in [6.45, 7) is 6.62. The van der Waals surface area contributed by atoms with Gasteiger partial charge in [-0.3, -0.25) is 9.78 Å². The zero-order chi connectivity index (χ0) is 14.1. The number of carbonyl (C=O) groups excluding carboxylic acids is 1. The molecule has 5 nitrogen and oxygen atoms in total. The molecule has 20 heavy (non-hydrogen) atoms. The Morgan fingerprint density at radius 3 is 2.80 bits per heavy atom. The van der Waals surface area contributed by atoms with Crippen molar-refractivity contribution in [2.75, 3.05) is 38.5 Å². The molecule has 1 fully saturated rings. The zero-order valence-electron chi connectivity index (χ0n) is 11.5. The molecule has 106 valence electrons. The van der Waals surface area contributed by atoms with Crippen LogP contribution in [0.25, 0.3) is 10.1 Å². The summed E-state index contributed by atoms with van der Waals surface area (Å²) in [4.78, 5) is 21.6. The number of hydrogen-bond donors (Lipinski definition) is 1. The maximum Gasteiger partial charge on any atom is 0.266 e. The van der Waals surface area contributed by atoms with Gasteiger partial charge in [-0.2, -0.15) is 0 Å². The third kappa shape index (κ3) is 2.25. The number of carbonyl (C=O) groups is 1. The number of nitrogen functional groups attached to an aromatic ring is 1. The van der Waals surface area contributed by atoms with Crippen molar-refractivity contribution in [1.29, 1.82) is 0 Å². The van der Waals surface area contributed by atoms with E-state index in [2.05, 4.69) is 16.8 Å². The predicted molar refractivity (Wildman–Crippen MR) is 82.0 cm³/mol. The van der Waals surface area contributed by atoms with Gasteiger partial charge in [0.05, 0.1) is 10.4 Å². The van der Waals surface area contributed by atoms with Gasteiger partial charge in [0.1, 0.15) is 4.88 Å². The second-order valence-electron chi connectivity index (χ2n) is 4.94. The number of aromatic nitrogens is 1. The number of anilines is 1. The highest BCUT2D eigenvalue weighted by Gasteiger charge is 2.25. The quantitative estimate of drug-likeness (QED) is 0.913. The van der Waals surface area contributed by atoms with Gasteiger partial charge in [-0.25, -0.2) is 0 Å². The molecule has 0 saturated carbocycles. The van der Waals surface area contributed by atoms with Gasteiger partial charge in [-0.15, -0.1) is 11.3 Å². The van der Waals surface area contributed by atoms with E-state index in [0.29, 0.717) is 10.6 Å². The Hall–Kier alpha value is -1.66. The van der Waals surface area contributed by atoms with Gasteiger partial charge in [-0.05, 0) is 12.6 Å². The molecule has 6 heteroatoms. The molecule has 0 radical (unpaired) electrons. The Balaban J connectivity index is 1.84. The molecule has 3 rings (SSSR count). The highest BCUT2D eigenvalue weighted by molar-refractivity contribution is 7.21. The number of thiophene rings is 1. The number of pyridine rings is 1. The van der Waals surface area contributed by atoms with Crippen molar-refractivity contribution >= 4 is 33.0 Å². The van der Waals surface area contributed by atoms with Crippen LogP contribution in [-0.4, -0.2) is 53.4 Å². The normalized spacial score (nSPS) is 16.8. The van der Waals surface area contributed by atoms with Crippen LogP contribution in [0.1, 0.15) is 16.6 Å². The molecule has 2 aromatic rings. The number of nitrogens with two attached hydrogens (primary N) is 1. The number of likely N-dealkylation sites (N-methyl/N-ethyl adjacent to an activating group) is 1. The summed E-state index contributed by atoms with van der Waals surface area (Å²) < 4.78 is 0.973. The van der Waals surface area contributed by atoms with Gasteiger partial charge in [-0.1, -0.05) is 6.92 Å². The molecule has 3 heterocycles. The van der Waals surface area contributed by atoms with Crippen molar-refractivity contribution in [3.63, 3.8) is 0 Å². The van der Waals surface area contributed by atoms with Crippen LogP contribution in [0.15, 0.2) is 18.5 Å². The van der Waals surface area contributed by atoms with Gasteiger partial charge in [0.2, 0.25) is 0 Å². The largest absolute Gasteiger partial charge is 0.397 e. The molecule has 1 aliphatic rings. The number of piperazine rings is 1. The molecule has 1 amide bonds. The third-order valence-corrected chi connectivity index (χ3v) is 4.98. The fraction of sp³-hybridized carbons (Fsp3) is 0.429. The minimum Gasteiger partial charge on any atom is -0.397 e. The van der Waals surface area contributed by atoms with E-state index in [4.69, 9.17) is 5.73 Å².